The standard InChI is InChI=1S/C12H15N3O3/c1-7(12(16)17-3)18-11-9-6-8(13)4-5-10(9)15(2)14-11/h4-7H,13H2,1-3H3/t7-/m1/s1. The Labute approximate surface area is 104 Å². The van der Waals surface area contributed by atoms with Crippen LogP contribution in [0.5, 0.6) is 5.88 Å². The van der Waals surface area contributed by atoms with Crippen LogP contribution in [0.15, 0.2) is 18.2 Å². The summed E-state index contributed by atoms with van der Waals surface area (Å²) in [5, 5.41) is 4.99. The van der Waals surface area contributed by atoms with Crippen LogP contribution in [0.4, 0.5) is 5.69 Å². The van der Waals surface area contributed by atoms with E-state index >= 15 is 0 Å². The Balaban J connectivity index is 2.39. The maximum absolute atomic E-state index is 11.3. The van der Waals surface area contributed by atoms with Crippen LogP contribution in [0.2, 0.25) is 0 Å². The second-order valence-corrected chi connectivity index (χ2v) is 3.99. The van der Waals surface area contributed by atoms with E-state index in [1.807, 2.05) is 6.07 Å². The van der Waals surface area contributed by atoms with Crippen LogP contribution in [0.25, 0.3) is 10.9 Å². The maximum Gasteiger partial charge on any atom is 0.346 e. The monoisotopic (exact) mass is 249 g/mol. The number of fused-ring (bicyclic) bond motifs is 1. The molecule has 2 aromatic rings. The molecule has 1 heterocycles. The summed E-state index contributed by atoms with van der Waals surface area (Å²) in [5.74, 6) is -0.0737. The van der Waals surface area contributed by atoms with Crippen molar-refractivity contribution in [3.63, 3.8) is 0 Å². The van der Waals surface area contributed by atoms with Crippen molar-refractivity contribution in [1.29, 1.82) is 0 Å². The number of esters is 1. The fourth-order valence-electron chi connectivity index (χ4n) is 1.72. The third-order valence-corrected chi connectivity index (χ3v) is 2.66. The van der Waals surface area contributed by atoms with Crippen molar-refractivity contribution >= 4 is 22.6 Å². The number of carbonyl (C=O) groups is 1. The SMILES string of the molecule is COC(=O)[C@@H](C)Oc1nn(C)c2ccc(N)cc12. The van der Waals surface area contributed by atoms with Gasteiger partial charge in [0.05, 0.1) is 18.0 Å². The van der Waals surface area contributed by atoms with Gasteiger partial charge in [-0.1, -0.05) is 0 Å². The van der Waals surface area contributed by atoms with Crippen molar-refractivity contribution in [2.24, 2.45) is 7.05 Å². The van der Waals surface area contributed by atoms with Crippen molar-refractivity contribution in [3.05, 3.63) is 18.2 Å². The topological polar surface area (TPSA) is 79.4 Å². The van der Waals surface area contributed by atoms with Gasteiger partial charge in [-0.15, -0.1) is 5.10 Å². The summed E-state index contributed by atoms with van der Waals surface area (Å²) in [6.45, 7) is 1.61. The molecule has 0 amide bonds. The highest BCUT2D eigenvalue weighted by molar-refractivity contribution is 5.87. The van der Waals surface area contributed by atoms with E-state index in [0.717, 1.165) is 10.9 Å². The van der Waals surface area contributed by atoms with E-state index in [2.05, 4.69) is 9.84 Å². The van der Waals surface area contributed by atoms with Crippen LogP contribution in [0.1, 0.15) is 6.92 Å². The molecular formula is C12H15N3O3. The van der Waals surface area contributed by atoms with Crippen molar-refractivity contribution in [1.82, 2.24) is 9.78 Å². The molecular weight excluding hydrogens is 234 g/mol. The average molecular weight is 249 g/mol. The van der Waals surface area contributed by atoms with Gasteiger partial charge >= 0.3 is 5.97 Å². The van der Waals surface area contributed by atoms with Crippen molar-refractivity contribution in [3.8, 4) is 5.88 Å². The fraction of sp³-hybridized carbons (Fsp3) is 0.333. The number of carbonyl (C=O) groups excluding carboxylic acids is 1. The third-order valence-electron chi connectivity index (χ3n) is 2.66. The summed E-state index contributed by atoms with van der Waals surface area (Å²) >= 11 is 0. The van der Waals surface area contributed by atoms with E-state index in [1.165, 1.54) is 7.11 Å². The van der Waals surface area contributed by atoms with E-state index in [9.17, 15) is 4.79 Å². The van der Waals surface area contributed by atoms with Gasteiger partial charge in [0.15, 0.2) is 6.10 Å². The van der Waals surface area contributed by atoms with Crippen LogP contribution in [-0.4, -0.2) is 29.0 Å². The van der Waals surface area contributed by atoms with Crippen molar-refractivity contribution in [2.45, 2.75) is 13.0 Å². The predicted octanol–water partition coefficient (Wildman–Crippen LogP) is 1.10. The molecule has 18 heavy (non-hydrogen) atoms. The molecule has 0 radical (unpaired) electrons. The lowest BCUT2D eigenvalue weighted by molar-refractivity contribution is -0.148. The highest BCUT2D eigenvalue weighted by atomic mass is 16.6. The Bertz CT molecular complexity index is 592. The van der Waals surface area contributed by atoms with Crippen LogP contribution >= 0.6 is 0 Å². The molecule has 96 valence electrons. The van der Waals surface area contributed by atoms with Gasteiger partial charge in [-0.3, -0.25) is 4.68 Å². The van der Waals surface area contributed by atoms with Crippen LogP contribution in [-0.2, 0) is 16.6 Å². The number of nitrogens with zero attached hydrogens (tertiary/aromatic N) is 2. The minimum atomic E-state index is -0.713. The smallest absolute Gasteiger partial charge is 0.346 e. The van der Waals surface area contributed by atoms with Crippen LogP contribution < -0.4 is 10.5 Å². The molecule has 2 N–H and O–H groups in total. The third kappa shape index (κ3) is 2.09. The van der Waals surface area contributed by atoms with Gasteiger partial charge in [0.25, 0.3) is 0 Å². The van der Waals surface area contributed by atoms with Gasteiger partial charge in [0, 0.05) is 12.7 Å². The van der Waals surface area contributed by atoms with E-state index in [4.69, 9.17) is 10.5 Å². The van der Waals surface area contributed by atoms with Gasteiger partial charge in [-0.05, 0) is 25.1 Å². The maximum atomic E-state index is 11.3. The number of hydrogen-bond acceptors (Lipinski definition) is 5. The fourth-order valence-corrected chi connectivity index (χ4v) is 1.72. The summed E-state index contributed by atoms with van der Waals surface area (Å²) in [4.78, 5) is 11.3. The Morgan fingerprint density at radius 2 is 2.22 bits per heavy atom. The summed E-state index contributed by atoms with van der Waals surface area (Å²) in [7, 11) is 3.12. The number of ether oxygens (including phenoxy) is 2. The molecule has 0 aliphatic carbocycles. The predicted molar refractivity (Wildman–Crippen MR) is 67.2 cm³/mol. The molecule has 0 saturated carbocycles. The van der Waals surface area contributed by atoms with Crippen LogP contribution in [0.3, 0.4) is 0 Å². The zero-order valence-corrected chi connectivity index (χ0v) is 10.5. The Morgan fingerprint density at radius 3 is 2.89 bits per heavy atom. The van der Waals surface area contributed by atoms with E-state index < -0.39 is 12.1 Å². The number of aromatic nitrogens is 2. The summed E-state index contributed by atoms with van der Waals surface area (Å²) in [6, 6.07) is 5.41. The number of benzene rings is 1. The second-order valence-electron chi connectivity index (χ2n) is 3.99. The molecule has 0 spiro atoms. The normalized spacial score (nSPS) is 12.4. The molecule has 0 bridgehead atoms. The average Bonchev–Trinajstić information content (AvgIpc) is 2.64. The second kappa shape index (κ2) is 4.56. The van der Waals surface area contributed by atoms with E-state index in [1.54, 1.807) is 30.8 Å². The first kappa shape index (κ1) is 12.2. The zero-order valence-electron chi connectivity index (χ0n) is 10.5. The van der Waals surface area contributed by atoms with Gasteiger partial charge in [0.2, 0.25) is 5.88 Å². The largest absolute Gasteiger partial charge is 0.466 e. The van der Waals surface area contributed by atoms with Gasteiger partial charge in [-0.25, -0.2) is 4.79 Å². The first-order valence-electron chi connectivity index (χ1n) is 5.49. The highest BCUT2D eigenvalue weighted by Gasteiger charge is 2.18. The lowest BCUT2D eigenvalue weighted by Crippen LogP contribution is -2.25. The van der Waals surface area contributed by atoms with E-state index in [0.29, 0.717) is 11.6 Å². The molecule has 6 heteroatoms. The lowest BCUT2D eigenvalue weighted by atomic mass is 10.2. The Kier molecular flexibility index (Phi) is 3.10. The van der Waals surface area contributed by atoms with Gasteiger partial charge < -0.3 is 15.2 Å². The molecule has 0 aliphatic rings. The Morgan fingerprint density at radius 1 is 1.50 bits per heavy atom. The number of hydrogen-bond donors (Lipinski definition) is 1. The van der Waals surface area contributed by atoms with Gasteiger partial charge in [-0.2, -0.15) is 0 Å². The minimum absolute atomic E-state index is 0.373. The molecule has 1 atom stereocenters. The van der Waals surface area contributed by atoms with Crippen molar-refractivity contribution < 1.29 is 14.3 Å². The Hall–Kier alpha value is -2.24. The number of nitrogen functional groups attached to an aromatic ring is 1. The molecule has 0 aliphatic heterocycles. The molecule has 1 aromatic heterocycles. The molecule has 2 rings (SSSR count). The number of methoxy groups -OCH3 is 1. The molecule has 0 saturated heterocycles. The number of aryl methyl sites for hydroxylation is 1. The number of rotatable bonds is 3. The van der Waals surface area contributed by atoms with Crippen LogP contribution in [0, 0.1) is 0 Å². The quantitative estimate of drug-likeness (QED) is 0.650. The van der Waals surface area contributed by atoms with Gasteiger partial charge in [0.1, 0.15) is 0 Å². The summed E-state index contributed by atoms with van der Waals surface area (Å²) < 4.78 is 11.8. The van der Waals surface area contributed by atoms with E-state index in [-0.39, 0.29) is 0 Å². The zero-order chi connectivity index (χ0) is 13.3. The molecule has 1 aromatic carbocycles. The first-order chi connectivity index (χ1) is 8.52. The molecule has 6 nitrogen and oxygen atoms in total. The highest BCUT2D eigenvalue weighted by Crippen LogP contribution is 2.27. The lowest BCUT2D eigenvalue weighted by Gasteiger charge is -2.09. The number of nitrogens with two attached hydrogens (primary N) is 1. The number of anilines is 1. The molecule has 0 fully saturated rings. The minimum Gasteiger partial charge on any atom is -0.466 e. The van der Waals surface area contributed by atoms with Crippen molar-refractivity contribution in [2.75, 3.05) is 12.8 Å². The summed E-state index contributed by atoms with van der Waals surface area (Å²) in [6.07, 6.45) is -0.713. The molecule has 0 unspecified atom stereocenters. The first-order valence-corrected chi connectivity index (χ1v) is 5.49. The summed E-state index contributed by atoms with van der Waals surface area (Å²) in [5.41, 5.74) is 7.24.